The van der Waals surface area contributed by atoms with Crippen LogP contribution >= 0.6 is 0 Å². The Balaban J connectivity index is 0.000000281. The lowest BCUT2D eigenvalue weighted by Gasteiger charge is -1.91. The number of rotatable bonds is 0. The largest absolute Gasteiger partial charge is 0.309 e. The summed E-state index contributed by atoms with van der Waals surface area (Å²) in [5.41, 5.74) is 2.91. The van der Waals surface area contributed by atoms with E-state index in [4.69, 9.17) is 0 Å². The van der Waals surface area contributed by atoms with Gasteiger partial charge in [0, 0.05) is 13.1 Å². The Morgan fingerprint density at radius 1 is 1.00 bits per heavy atom. The summed E-state index contributed by atoms with van der Waals surface area (Å²) in [4.78, 5) is 0. The molecule has 1 aliphatic heterocycles. The zero-order valence-electron chi connectivity index (χ0n) is 6.64. The van der Waals surface area contributed by atoms with Crippen molar-refractivity contribution in [2.75, 3.05) is 0 Å². The van der Waals surface area contributed by atoms with Crippen LogP contribution in [0.4, 0.5) is 0 Å². The summed E-state index contributed by atoms with van der Waals surface area (Å²) in [6.45, 7) is 8.10. The minimum atomic E-state index is 1.05. The van der Waals surface area contributed by atoms with E-state index in [0.717, 1.165) is 13.1 Å². The highest BCUT2D eigenvalue weighted by Gasteiger charge is 2.06. The topological polar surface area (TPSA) is 12.0 Å². The van der Waals surface area contributed by atoms with E-state index in [1.807, 2.05) is 0 Å². The van der Waals surface area contributed by atoms with E-state index < -0.39 is 0 Å². The van der Waals surface area contributed by atoms with E-state index in [1.54, 1.807) is 0 Å². The molecule has 1 aromatic rings. The van der Waals surface area contributed by atoms with Gasteiger partial charge in [0.05, 0.1) is 0 Å². The average Bonchev–Trinajstić information content (AvgIpc) is 2.55. The van der Waals surface area contributed by atoms with Gasteiger partial charge in [-0.2, -0.15) is 0 Å². The van der Waals surface area contributed by atoms with Crippen molar-refractivity contribution >= 4 is 0 Å². The van der Waals surface area contributed by atoms with E-state index in [9.17, 15) is 0 Å². The Bertz CT molecular complexity index is 207. The van der Waals surface area contributed by atoms with Crippen LogP contribution < -0.4 is 5.32 Å². The predicted octanol–water partition coefficient (Wildman–Crippen LogP) is 2.09. The molecule has 1 N–H and O–H groups in total. The standard InChI is InChI=1S/C8H9N.C2H4/c1-2-4-8-6-9-5-7(8)3-1;1-2/h1-4,9H,5-6H2;1-2H2. The molecule has 0 spiro atoms. The summed E-state index contributed by atoms with van der Waals surface area (Å²) >= 11 is 0. The first kappa shape index (κ1) is 8.02. The van der Waals surface area contributed by atoms with Gasteiger partial charge in [0.25, 0.3) is 0 Å². The molecule has 0 unspecified atom stereocenters. The SMILES string of the molecule is C=C.c1ccc2c(c1)CNC2. The van der Waals surface area contributed by atoms with Crippen LogP contribution in [0.1, 0.15) is 11.1 Å². The van der Waals surface area contributed by atoms with Gasteiger partial charge in [0.1, 0.15) is 0 Å². The minimum absolute atomic E-state index is 1.05. The van der Waals surface area contributed by atoms with Gasteiger partial charge in [-0.05, 0) is 11.1 Å². The molecule has 0 saturated carbocycles. The van der Waals surface area contributed by atoms with Crippen LogP contribution in [-0.2, 0) is 13.1 Å². The summed E-state index contributed by atoms with van der Waals surface area (Å²) in [7, 11) is 0. The zero-order chi connectivity index (χ0) is 8.10. The molecule has 11 heavy (non-hydrogen) atoms. The van der Waals surface area contributed by atoms with Crippen molar-refractivity contribution in [2.24, 2.45) is 0 Å². The number of benzene rings is 1. The molecule has 0 radical (unpaired) electrons. The van der Waals surface area contributed by atoms with Crippen LogP contribution in [0.15, 0.2) is 37.4 Å². The van der Waals surface area contributed by atoms with Gasteiger partial charge < -0.3 is 5.32 Å². The quantitative estimate of drug-likeness (QED) is 0.554. The van der Waals surface area contributed by atoms with E-state index in [1.165, 1.54) is 11.1 Å². The van der Waals surface area contributed by atoms with Crippen molar-refractivity contribution in [2.45, 2.75) is 13.1 Å². The lowest BCUT2D eigenvalue weighted by Crippen LogP contribution is -1.99. The smallest absolute Gasteiger partial charge is 0.0211 e. The zero-order valence-corrected chi connectivity index (χ0v) is 6.64. The average molecular weight is 147 g/mol. The number of fused-ring (bicyclic) bond motifs is 1. The second kappa shape index (κ2) is 3.94. The van der Waals surface area contributed by atoms with Gasteiger partial charge in [0.2, 0.25) is 0 Å². The molecule has 1 heteroatoms. The third kappa shape index (κ3) is 1.69. The summed E-state index contributed by atoms with van der Waals surface area (Å²) in [5, 5.41) is 3.29. The Labute approximate surface area is 67.8 Å². The van der Waals surface area contributed by atoms with Gasteiger partial charge in [-0.3, -0.25) is 0 Å². The third-order valence-corrected chi connectivity index (χ3v) is 1.75. The fraction of sp³-hybridized carbons (Fsp3) is 0.200. The normalized spacial score (nSPS) is 13.1. The predicted molar refractivity (Wildman–Crippen MR) is 48.2 cm³/mol. The van der Waals surface area contributed by atoms with E-state index in [2.05, 4.69) is 42.7 Å². The molecule has 0 atom stereocenters. The first-order valence-corrected chi connectivity index (χ1v) is 3.74. The number of nitrogens with one attached hydrogen (secondary N) is 1. The first-order chi connectivity index (χ1) is 5.47. The van der Waals surface area contributed by atoms with Gasteiger partial charge in [0.15, 0.2) is 0 Å². The van der Waals surface area contributed by atoms with Crippen LogP contribution in [0.25, 0.3) is 0 Å². The number of hydrogen-bond donors (Lipinski definition) is 1. The Morgan fingerprint density at radius 3 is 1.91 bits per heavy atom. The minimum Gasteiger partial charge on any atom is -0.309 e. The van der Waals surface area contributed by atoms with Crippen molar-refractivity contribution in [1.29, 1.82) is 0 Å². The van der Waals surface area contributed by atoms with Crippen molar-refractivity contribution in [3.05, 3.63) is 48.6 Å². The molecular formula is C10H13N. The summed E-state index contributed by atoms with van der Waals surface area (Å²) in [5.74, 6) is 0. The molecule has 58 valence electrons. The van der Waals surface area contributed by atoms with E-state index >= 15 is 0 Å². The van der Waals surface area contributed by atoms with Crippen LogP contribution in [-0.4, -0.2) is 0 Å². The van der Waals surface area contributed by atoms with Gasteiger partial charge in [-0.1, -0.05) is 24.3 Å². The summed E-state index contributed by atoms with van der Waals surface area (Å²) < 4.78 is 0. The molecule has 1 aromatic carbocycles. The van der Waals surface area contributed by atoms with Crippen LogP contribution in [0.5, 0.6) is 0 Å². The monoisotopic (exact) mass is 147 g/mol. The molecule has 0 fully saturated rings. The summed E-state index contributed by atoms with van der Waals surface area (Å²) in [6, 6.07) is 8.53. The fourth-order valence-electron chi connectivity index (χ4n) is 1.23. The highest BCUT2D eigenvalue weighted by Crippen LogP contribution is 2.12. The Kier molecular flexibility index (Phi) is 2.87. The lowest BCUT2D eigenvalue weighted by molar-refractivity contribution is 0.765. The highest BCUT2D eigenvalue weighted by atomic mass is 14.9. The molecular weight excluding hydrogens is 134 g/mol. The van der Waals surface area contributed by atoms with Crippen molar-refractivity contribution in [3.63, 3.8) is 0 Å². The molecule has 1 aliphatic rings. The lowest BCUT2D eigenvalue weighted by atomic mass is 10.1. The number of hydrogen-bond acceptors (Lipinski definition) is 1. The maximum absolute atomic E-state index is 3.29. The van der Waals surface area contributed by atoms with Crippen molar-refractivity contribution in [1.82, 2.24) is 5.32 Å². The molecule has 2 rings (SSSR count). The van der Waals surface area contributed by atoms with E-state index in [0.29, 0.717) is 0 Å². The van der Waals surface area contributed by atoms with Gasteiger partial charge >= 0.3 is 0 Å². The maximum atomic E-state index is 3.29. The molecule has 0 aliphatic carbocycles. The molecule has 0 bridgehead atoms. The molecule has 0 saturated heterocycles. The van der Waals surface area contributed by atoms with Crippen molar-refractivity contribution < 1.29 is 0 Å². The van der Waals surface area contributed by atoms with Gasteiger partial charge in [-0.25, -0.2) is 0 Å². The summed E-state index contributed by atoms with van der Waals surface area (Å²) in [6.07, 6.45) is 0. The Hall–Kier alpha value is -1.08. The van der Waals surface area contributed by atoms with Crippen LogP contribution in [0.2, 0.25) is 0 Å². The first-order valence-electron chi connectivity index (χ1n) is 3.74. The van der Waals surface area contributed by atoms with Gasteiger partial charge in [-0.15, -0.1) is 13.2 Å². The molecule has 1 nitrogen and oxygen atoms in total. The molecule has 0 amide bonds. The highest BCUT2D eigenvalue weighted by molar-refractivity contribution is 5.29. The third-order valence-electron chi connectivity index (χ3n) is 1.75. The second-order valence-corrected chi connectivity index (χ2v) is 2.37. The molecule has 1 heterocycles. The molecule has 0 aromatic heterocycles. The van der Waals surface area contributed by atoms with Crippen molar-refractivity contribution in [3.8, 4) is 0 Å². The Morgan fingerprint density at radius 2 is 1.45 bits per heavy atom. The second-order valence-electron chi connectivity index (χ2n) is 2.37. The van der Waals surface area contributed by atoms with Crippen LogP contribution in [0.3, 0.4) is 0 Å². The van der Waals surface area contributed by atoms with E-state index in [-0.39, 0.29) is 0 Å². The fourth-order valence-corrected chi connectivity index (χ4v) is 1.23. The maximum Gasteiger partial charge on any atom is 0.0211 e. The van der Waals surface area contributed by atoms with Crippen LogP contribution in [0, 0.1) is 0 Å².